The van der Waals surface area contributed by atoms with E-state index >= 15 is 0 Å². The zero-order chi connectivity index (χ0) is 11.2. The number of aryl methyl sites for hydroxylation is 1. The van der Waals surface area contributed by atoms with Crippen molar-refractivity contribution in [3.63, 3.8) is 0 Å². The predicted octanol–water partition coefficient (Wildman–Crippen LogP) is 2.68. The molecule has 0 aliphatic carbocycles. The van der Waals surface area contributed by atoms with Crippen molar-refractivity contribution in [3.8, 4) is 0 Å². The van der Waals surface area contributed by atoms with E-state index in [0.717, 1.165) is 12.0 Å². The molecule has 0 saturated carbocycles. The highest BCUT2D eigenvalue weighted by Crippen LogP contribution is 2.10. The van der Waals surface area contributed by atoms with Gasteiger partial charge in [-0.3, -0.25) is 0 Å². The number of benzene rings is 1. The molecule has 0 N–H and O–H groups in total. The van der Waals surface area contributed by atoms with Crippen LogP contribution in [0.2, 0.25) is 0 Å². The third-order valence-electron chi connectivity index (χ3n) is 1.76. The molecule has 3 heteroatoms. The molecule has 0 spiro atoms. The van der Waals surface area contributed by atoms with E-state index in [4.69, 9.17) is 0 Å². The Morgan fingerprint density at radius 1 is 1.07 bits per heavy atom. The normalized spacial score (nSPS) is 10.3. The number of hydrogen-bond donors (Lipinski definition) is 0. The lowest BCUT2D eigenvalue weighted by molar-refractivity contribution is 0.602. The van der Waals surface area contributed by atoms with Crippen LogP contribution in [0.3, 0.4) is 0 Å². The van der Waals surface area contributed by atoms with Gasteiger partial charge in [-0.1, -0.05) is 32.9 Å². The summed E-state index contributed by atoms with van der Waals surface area (Å²) in [4.78, 5) is 0.389. The molecule has 0 atom stereocenters. The first-order chi connectivity index (χ1) is 6.54. The minimum absolute atomic E-state index is 0.389. The Bertz CT molecular complexity index is 349. The highest BCUT2D eigenvalue weighted by Gasteiger charge is 2.04. The molecule has 0 saturated heterocycles. The maximum atomic E-state index is 11.0. The van der Waals surface area contributed by atoms with Crippen molar-refractivity contribution in [2.75, 3.05) is 6.26 Å². The fourth-order valence-electron chi connectivity index (χ4n) is 0.972. The van der Waals surface area contributed by atoms with Gasteiger partial charge < -0.3 is 0 Å². The van der Waals surface area contributed by atoms with Crippen molar-refractivity contribution in [1.82, 2.24) is 0 Å². The summed E-state index contributed by atoms with van der Waals surface area (Å²) in [5.74, 6) is 0. The molecule has 0 heterocycles. The van der Waals surface area contributed by atoms with Crippen LogP contribution in [0, 0.1) is 0 Å². The van der Waals surface area contributed by atoms with Gasteiger partial charge >= 0.3 is 0 Å². The SMILES string of the molecule is CC.CCc1ccc(S(C)(=O)=O)cc1. The zero-order valence-electron chi connectivity index (χ0n) is 9.24. The lowest BCUT2D eigenvalue weighted by Gasteiger charge is -1.99. The van der Waals surface area contributed by atoms with Gasteiger partial charge in [-0.2, -0.15) is 0 Å². The highest BCUT2D eigenvalue weighted by molar-refractivity contribution is 7.90. The molecule has 0 aliphatic heterocycles. The molecule has 0 unspecified atom stereocenters. The van der Waals surface area contributed by atoms with Gasteiger partial charge in [0, 0.05) is 6.26 Å². The maximum Gasteiger partial charge on any atom is 0.175 e. The van der Waals surface area contributed by atoms with E-state index in [-0.39, 0.29) is 0 Å². The van der Waals surface area contributed by atoms with Crippen LogP contribution in [0.1, 0.15) is 26.3 Å². The molecular weight excluding hydrogens is 196 g/mol. The minimum Gasteiger partial charge on any atom is -0.224 e. The van der Waals surface area contributed by atoms with Crippen LogP contribution in [-0.4, -0.2) is 14.7 Å². The number of sulfone groups is 1. The number of rotatable bonds is 2. The molecule has 0 radical (unpaired) electrons. The molecule has 14 heavy (non-hydrogen) atoms. The van der Waals surface area contributed by atoms with Crippen LogP contribution >= 0.6 is 0 Å². The first-order valence-electron chi connectivity index (χ1n) is 4.83. The van der Waals surface area contributed by atoms with Gasteiger partial charge in [-0.15, -0.1) is 0 Å². The molecule has 0 fully saturated rings. The second kappa shape index (κ2) is 5.81. The Hall–Kier alpha value is -0.830. The summed E-state index contributed by atoms with van der Waals surface area (Å²) in [6.07, 6.45) is 2.15. The third-order valence-corrected chi connectivity index (χ3v) is 2.89. The fraction of sp³-hybridized carbons (Fsp3) is 0.455. The highest BCUT2D eigenvalue weighted by atomic mass is 32.2. The van der Waals surface area contributed by atoms with Crippen LogP contribution in [0.4, 0.5) is 0 Å². The lowest BCUT2D eigenvalue weighted by atomic mass is 10.2. The van der Waals surface area contributed by atoms with Gasteiger partial charge in [-0.25, -0.2) is 8.42 Å². The van der Waals surface area contributed by atoms with E-state index in [2.05, 4.69) is 0 Å². The van der Waals surface area contributed by atoms with Gasteiger partial charge in [0.05, 0.1) is 4.90 Å². The van der Waals surface area contributed by atoms with E-state index in [1.807, 2.05) is 32.9 Å². The Labute approximate surface area is 86.9 Å². The monoisotopic (exact) mass is 214 g/mol. The Kier molecular flexibility index (Phi) is 5.46. The van der Waals surface area contributed by atoms with Crippen molar-refractivity contribution in [2.24, 2.45) is 0 Å². The standard InChI is InChI=1S/C9H12O2S.C2H6/c1-3-8-4-6-9(7-5-8)12(2,10)11;1-2/h4-7H,3H2,1-2H3;1-2H3. The summed E-state index contributed by atoms with van der Waals surface area (Å²) in [6.45, 7) is 6.04. The molecule has 0 amide bonds. The summed E-state index contributed by atoms with van der Waals surface area (Å²) in [5.41, 5.74) is 1.16. The van der Waals surface area contributed by atoms with Crippen molar-refractivity contribution < 1.29 is 8.42 Å². The quantitative estimate of drug-likeness (QED) is 0.758. The lowest BCUT2D eigenvalue weighted by Crippen LogP contribution is -1.96. The molecule has 2 nitrogen and oxygen atoms in total. The molecule has 1 aromatic carbocycles. The van der Waals surface area contributed by atoms with Gasteiger partial charge in [0.15, 0.2) is 9.84 Å². The minimum atomic E-state index is -3.03. The predicted molar refractivity (Wildman–Crippen MR) is 60.3 cm³/mol. The summed E-state index contributed by atoms with van der Waals surface area (Å²) in [5, 5.41) is 0. The molecule has 80 valence electrons. The van der Waals surface area contributed by atoms with E-state index in [9.17, 15) is 8.42 Å². The van der Waals surface area contributed by atoms with Crippen molar-refractivity contribution in [3.05, 3.63) is 29.8 Å². The van der Waals surface area contributed by atoms with Crippen molar-refractivity contribution in [2.45, 2.75) is 32.1 Å². The molecule has 1 rings (SSSR count). The molecular formula is C11H18O2S. The second-order valence-electron chi connectivity index (χ2n) is 2.77. The molecule has 0 aliphatic rings. The second-order valence-corrected chi connectivity index (χ2v) is 4.79. The summed E-state index contributed by atoms with van der Waals surface area (Å²) >= 11 is 0. The van der Waals surface area contributed by atoms with Gasteiger partial charge in [-0.05, 0) is 24.1 Å². The van der Waals surface area contributed by atoms with Gasteiger partial charge in [0.25, 0.3) is 0 Å². The zero-order valence-corrected chi connectivity index (χ0v) is 10.1. The van der Waals surface area contributed by atoms with Crippen LogP contribution < -0.4 is 0 Å². The molecule has 0 aromatic heterocycles. The summed E-state index contributed by atoms with van der Waals surface area (Å²) in [6, 6.07) is 6.98. The number of hydrogen-bond acceptors (Lipinski definition) is 2. The maximum absolute atomic E-state index is 11.0. The van der Waals surface area contributed by atoms with Gasteiger partial charge in [0.2, 0.25) is 0 Å². The summed E-state index contributed by atoms with van der Waals surface area (Å²) < 4.78 is 22.1. The van der Waals surface area contributed by atoms with E-state index < -0.39 is 9.84 Å². The largest absolute Gasteiger partial charge is 0.224 e. The Balaban J connectivity index is 0.000000791. The third kappa shape index (κ3) is 3.92. The first-order valence-corrected chi connectivity index (χ1v) is 6.72. The smallest absolute Gasteiger partial charge is 0.175 e. The van der Waals surface area contributed by atoms with Gasteiger partial charge in [0.1, 0.15) is 0 Å². The Morgan fingerprint density at radius 3 is 1.79 bits per heavy atom. The van der Waals surface area contributed by atoms with Crippen LogP contribution in [0.5, 0.6) is 0 Å². The van der Waals surface area contributed by atoms with Crippen LogP contribution in [0.15, 0.2) is 29.2 Å². The average molecular weight is 214 g/mol. The van der Waals surface area contributed by atoms with Crippen LogP contribution in [0.25, 0.3) is 0 Å². The molecule has 1 aromatic rings. The first kappa shape index (κ1) is 13.2. The van der Waals surface area contributed by atoms with E-state index in [1.165, 1.54) is 6.26 Å². The van der Waals surface area contributed by atoms with Crippen molar-refractivity contribution >= 4 is 9.84 Å². The average Bonchev–Trinajstić information content (AvgIpc) is 2.20. The van der Waals surface area contributed by atoms with E-state index in [0.29, 0.717) is 4.90 Å². The summed E-state index contributed by atoms with van der Waals surface area (Å²) in [7, 11) is -3.03. The molecule has 0 bridgehead atoms. The van der Waals surface area contributed by atoms with Crippen LogP contribution in [-0.2, 0) is 16.3 Å². The Morgan fingerprint density at radius 2 is 1.50 bits per heavy atom. The van der Waals surface area contributed by atoms with E-state index in [1.54, 1.807) is 12.1 Å². The fourth-order valence-corrected chi connectivity index (χ4v) is 1.60. The van der Waals surface area contributed by atoms with Crippen molar-refractivity contribution in [1.29, 1.82) is 0 Å². The topological polar surface area (TPSA) is 34.1 Å².